The first kappa shape index (κ1) is 15.5. The molecule has 0 fully saturated rings. The Morgan fingerprint density at radius 1 is 1.13 bits per heavy atom. The third kappa shape index (κ3) is 3.35. The molecule has 0 aliphatic carbocycles. The standard InChI is InChI=1S/C18H19N3OS/c1-3-7-20-18-21-11-17(23-18)15-6-8-19-10-16(15)14-5-4-13(22)9-12(14)2/h4-6,8-11,22H,3,7H2,1-2H3,(H,20,21). The molecule has 3 aromatic rings. The molecule has 118 valence electrons. The van der Waals surface area contributed by atoms with E-state index in [1.807, 2.05) is 31.5 Å². The molecule has 0 saturated carbocycles. The lowest BCUT2D eigenvalue weighted by molar-refractivity contribution is 0.475. The van der Waals surface area contributed by atoms with Crippen LogP contribution in [0.15, 0.2) is 42.9 Å². The van der Waals surface area contributed by atoms with Crippen molar-refractivity contribution >= 4 is 16.5 Å². The van der Waals surface area contributed by atoms with Gasteiger partial charge in [-0.05, 0) is 42.7 Å². The third-order valence-corrected chi connectivity index (χ3v) is 4.61. The van der Waals surface area contributed by atoms with Gasteiger partial charge in [0, 0.05) is 36.3 Å². The van der Waals surface area contributed by atoms with Gasteiger partial charge in [0.15, 0.2) is 5.13 Å². The number of hydrogen-bond donors (Lipinski definition) is 2. The molecule has 0 saturated heterocycles. The molecule has 2 aromatic heterocycles. The van der Waals surface area contributed by atoms with Crippen LogP contribution in [-0.4, -0.2) is 21.6 Å². The Kier molecular flexibility index (Phi) is 4.57. The van der Waals surface area contributed by atoms with E-state index >= 15 is 0 Å². The maximum absolute atomic E-state index is 9.62. The second-order valence-electron chi connectivity index (χ2n) is 5.38. The van der Waals surface area contributed by atoms with Crippen molar-refractivity contribution in [3.63, 3.8) is 0 Å². The van der Waals surface area contributed by atoms with Crippen molar-refractivity contribution in [2.24, 2.45) is 0 Å². The van der Waals surface area contributed by atoms with Gasteiger partial charge in [0.05, 0.1) is 4.88 Å². The zero-order valence-corrected chi connectivity index (χ0v) is 14.0. The van der Waals surface area contributed by atoms with Gasteiger partial charge in [-0.2, -0.15) is 0 Å². The minimum absolute atomic E-state index is 0.278. The maximum atomic E-state index is 9.62. The van der Waals surface area contributed by atoms with E-state index in [1.54, 1.807) is 29.7 Å². The van der Waals surface area contributed by atoms with Gasteiger partial charge in [-0.15, -0.1) is 0 Å². The largest absolute Gasteiger partial charge is 0.508 e. The number of phenolic OH excluding ortho intramolecular Hbond substituents is 1. The Hall–Kier alpha value is -2.40. The smallest absolute Gasteiger partial charge is 0.183 e. The Bertz CT molecular complexity index is 814. The molecule has 0 spiro atoms. The zero-order chi connectivity index (χ0) is 16.2. The monoisotopic (exact) mass is 325 g/mol. The van der Waals surface area contributed by atoms with E-state index in [2.05, 4.69) is 22.2 Å². The molecule has 23 heavy (non-hydrogen) atoms. The number of phenols is 1. The van der Waals surface area contributed by atoms with E-state index < -0.39 is 0 Å². The van der Waals surface area contributed by atoms with Gasteiger partial charge < -0.3 is 10.4 Å². The van der Waals surface area contributed by atoms with Crippen molar-refractivity contribution in [2.75, 3.05) is 11.9 Å². The molecule has 3 rings (SSSR count). The zero-order valence-electron chi connectivity index (χ0n) is 13.2. The highest BCUT2D eigenvalue weighted by molar-refractivity contribution is 7.18. The fourth-order valence-electron chi connectivity index (χ4n) is 2.49. The maximum Gasteiger partial charge on any atom is 0.183 e. The second kappa shape index (κ2) is 6.79. The molecule has 1 aromatic carbocycles. The van der Waals surface area contributed by atoms with E-state index in [-0.39, 0.29) is 5.75 Å². The molecule has 0 aliphatic heterocycles. The first-order valence-electron chi connectivity index (χ1n) is 7.63. The van der Waals surface area contributed by atoms with E-state index in [9.17, 15) is 5.11 Å². The number of nitrogens with one attached hydrogen (secondary N) is 1. The van der Waals surface area contributed by atoms with Gasteiger partial charge in [0.1, 0.15) is 5.75 Å². The third-order valence-electron chi connectivity index (χ3n) is 3.62. The number of aromatic nitrogens is 2. The van der Waals surface area contributed by atoms with Crippen molar-refractivity contribution < 1.29 is 5.11 Å². The summed E-state index contributed by atoms with van der Waals surface area (Å²) in [6, 6.07) is 7.42. The Morgan fingerprint density at radius 2 is 2.00 bits per heavy atom. The lowest BCUT2D eigenvalue weighted by Crippen LogP contribution is -1.97. The van der Waals surface area contributed by atoms with Gasteiger partial charge in [-0.3, -0.25) is 4.98 Å². The summed E-state index contributed by atoms with van der Waals surface area (Å²) in [5.41, 5.74) is 4.25. The van der Waals surface area contributed by atoms with Crippen LogP contribution in [0.5, 0.6) is 5.75 Å². The van der Waals surface area contributed by atoms with Crippen molar-refractivity contribution in [2.45, 2.75) is 20.3 Å². The number of nitrogens with zero attached hydrogens (tertiary/aromatic N) is 2. The van der Waals surface area contributed by atoms with Crippen LogP contribution in [0.3, 0.4) is 0 Å². The van der Waals surface area contributed by atoms with Crippen molar-refractivity contribution in [1.82, 2.24) is 9.97 Å². The number of anilines is 1. The van der Waals surface area contributed by atoms with Crippen LogP contribution in [-0.2, 0) is 0 Å². The molecule has 2 heterocycles. The molecule has 0 unspecified atom stereocenters. The van der Waals surface area contributed by atoms with Gasteiger partial charge >= 0.3 is 0 Å². The van der Waals surface area contributed by atoms with Crippen LogP contribution in [0.25, 0.3) is 21.6 Å². The summed E-state index contributed by atoms with van der Waals surface area (Å²) in [4.78, 5) is 9.83. The highest BCUT2D eigenvalue weighted by Crippen LogP contribution is 2.37. The van der Waals surface area contributed by atoms with Crippen LogP contribution < -0.4 is 5.32 Å². The Morgan fingerprint density at radius 3 is 2.78 bits per heavy atom. The molecule has 4 nitrogen and oxygen atoms in total. The molecule has 0 radical (unpaired) electrons. The SMILES string of the molecule is CCCNc1ncc(-c2ccncc2-c2ccc(O)cc2C)s1. The fourth-order valence-corrected chi connectivity index (χ4v) is 3.37. The number of hydrogen-bond acceptors (Lipinski definition) is 5. The van der Waals surface area contributed by atoms with Gasteiger partial charge in [0.25, 0.3) is 0 Å². The number of pyridine rings is 1. The summed E-state index contributed by atoms with van der Waals surface area (Å²) in [5, 5.41) is 13.9. The molecular formula is C18H19N3OS. The molecular weight excluding hydrogens is 306 g/mol. The van der Waals surface area contributed by atoms with Crippen molar-refractivity contribution in [3.05, 3.63) is 48.4 Å². The number of aromatic hydroxyl groups is 1. The van der Waals surface area contributed by atoms with Crippen LogP contribution in [0.2, 0.25) is 0 Å². The fraction of sp³-hybridized carbons (Fsp3) is 0.222. The normalized spacial score (nSPS) is 10.7. The van der Waals surface area contributed by atoms with Gasteiger partial charge in [-0.1, -0.05) is 24.3 Å². The highest BCUT2D eigenvalue weighted by Gasteiger charge is 2.12. The number of benzene rings is 1. The summed E-state index contributed by atoms with van der Waals surface area (Å²) in [7, 11) is 0. The highest BCUT2D eigenvalue weighted by atomic mass is 32.1. The minimum Gasteiger partial charge on any atom is -0.508 e. The number of rotatable bonds is 5. The second-order valence-corrected chi connectivity index (χ2v) is 6.41. The Labute approximate surface area is 139 Å². The van der Waals surface area contributed by atoms with E-state index in [4.69, 9.17) is 0 Å². The predicted molar refractivity (Wildman–Crippen MR) is 96.0 cm³/mol. The predicted octanol–water partition coefficient (Wildman–Crippen LogP) is 4.71. The average molecular weight is 325 g/mol. The average Bonchev–Trinajstić information content (AvgIpc) is 3.02. The van der Waals surface area contributed by atoms with Crippen LogP contribution >= 0.6 is 11.3 Å². The van der Waals surface area contributed by atoms with Crippen molar-refractivity contribution in [1.29, 1.82) is 0 Å². The van der Waals surface area contributed by atoms with E-state index in [0.717, 1.165) is 45.2 Å². The number of aryl methyl sites for hydroxylation is 1. The summed E-state index contributed by atoms with van der Waals surface area (Å²) >= 11 is 1.64. The van der Waals surface area contributed by atoms with Crippen molar-refractivity contribution in [3.8, 4) is 27.3 Å². The lowest BCUT2D eigenvalue weighted by Gasteiger charge is -2.10. The molecule has 2 N–H and O–H groups in total. The van der Waals surface area contributed by atoms with Crippen LogP contribution in [0, 0.1) is 6.92 Å². The van der Waals surface area contributed by atoms with Crippen LogP contribution in [0.1, 0.15) is 18.9 Å². The summed E-state index contributed by atoms with van der Waals surface area (Å²) < 4.78 is 0. The van der Waals surface area contributed by atoms with E-state index in [1.165, 1.54) is 0 Å². The Balaban J connectivity index is 2.02. The minimum atomic E-state index is 0.278. The quantitative estimate of drug-likeness (QED) is 0.713. The summed E-state index contributed by atoms with van der Waals surface area (Å²) in [6.45, 7) is 5.05. The summed E-state index contributed by atoms with van der Waals surface area (Å²) in [6.07, 6.45) is 6.64. The molecule has 5 heteroatoms. The van der Waals surface area contributed by atoms with Crippen LogP contribution in [0.4, 0.5) is 5.13 Å². The van der Waals surface area contributed by atoms with Gasteiger partial charge in [0.2, 0.25) is 0 Å². The van der Waals surface area contributed by atoms with E-state index in [0.29, 0.717) is 0 Å². The summed E-state index contributed by atoms with van der Waals surface area (Å²) in [5.74, 6) is 0.278. The lowest BCUT2D eigenvalue weighted by atomic mass is 9.97. The first-order valence-corrected chi connectivity index (χ1v) is 8.44. The molecule has 0 atom stereocenters. The topological polar surface area (TPSA) is 58.0 Å². The first-order chi connectivity index (χ1) is 11.2. The van der Waals surface area contributed by atoms with Gasteiger partial charge in [-0.25, -0.2) is 4.98 Å². The molecule has 0 aliphatic rings. The molecule has 0 bridgehead atoms. The molecule has 0 amide bonds. The number of thiazole rings is 1.